The summed E-state index contributed by atoms with van der Waals surface area (Å²) in [5.41, 5.74) is -0.0101. The van der Waals surface area contributed by atoms with Gasteiger partial charge in [0.1, 0.15) is 0 Å². The first-order valence-electron chi connectivity index (χ1n) is 6.40. The molecule has 0 amide bonds. The highest BCUT2D eigenvalue weighted by atomic mass is 32.2. The first-order valence-corrected chi connectivity index (χ1v) is 7.84. The SMILES string of the molecule is CC(=O)C(C)(C)Nc1ccc2ccc(S(=O)(=O)O)cc2c1. The third-order valence-electron chi connectivity index (χ3n) is 3.45. The van der Waals surface area contributed by atoms with Crippen LogP contribution in [0.25, 0.3) is 10.8 Å². The molecule has 2 aromatic carbocycles. The fourth-order valence-corrected chi connectivity index (χ4v) is 2.43. The molecular formula is C15H17NO4S. The molecule has 0 bridgehead atoms. The van der Waals surface area contributed by atoms with Gasteiger partial charge in [0.15, 0.2) is 5.78 Å². The van der Waals surface area contributed by atoms with Gasteiger partial charge in [0.05, 0.1) is 10.4 Å². The van der Waals surface area contributed by atoms with E-state index >= 15 is 0 Å². The summed E-state index contributed by atoms with van der Waals surface area (Å²) in [6.07, 6.45) is 0. The minimum absolute atomic E-state index is 0.00529. The van der Waals surface area contributed by atoms with Crippen LogP contribution in [0.2, 0.25) is 0 Å². The van der Waals surface area contributed by atoms with Crippen molar-refractivity contribution in [1.82, 2.24) is 0 Å². The molecule has 0 atom stereocenters. The van der Waals surface area contributed by atoms with Crippen molar-refractivity contribution in [3.63, 3.8) is 0 Å². The number of carbonyl (C=O) groups excluding carboxylic acids is 1. The van der Waals surface area contributed by atoms with Crippen molar-refractivity contribution in [1.29, 1.82) is 0 Å². The third-order valence-corrected chi connectivity index (χ3v) is 4.30. The summed E-state index contributed by atoms with van der Waals surface area (Å²) in [6.45, 7) is 5.05. The number of hydrogen-bond acceptors (Lipinski definition) is 4. The Bertz CT molecular complexity index is 810. The average Bonchev–Trinajstić information content (AvgIpc) is 2.36. The molecule has 0 aromatic heterocycles. The van der Waals surface area contributed by atoms with Gasteiger partial charge in [0.25, 0.3) is 10.1 Å². The van der Waals surface area contributed by atoms with Crippen LogP contribution in [0.4, 0.5) is 5.69 Å². The Labute approximate surface area is 123 Å². The van der Waals surface area contributed by atoms with E-state index in [9.17, 15) is 13.2 Å². The second-order valence-electron chi connectivity index (χ2n) is 5.50. The number of ketones is 1. The van der Waals surface area contributed by atoms with Crippen LogP contribution in [0.5, 0.6) is 0 Å². The summed E-state index contributed by atoms with van der Waals surface area (Å²) in [7, 11) is -4.23. The van der Waals surface area contributed by atoms with Crippen molar-refractivity contribution in [3.05, 3.63) is 36.4 Å². The van der Waals surface area contributed by atoms with Gasteiger partial charge in [-0.3, -0.25) is 9.35 Å². The van der Waals surface area contributed by atoms with Crippen molar-refractivity contribution < 1.29 is 17.8 Å². The second kappa shape index (κ2) is 5.13. The minimum atomic E-state index is -4.23. The normalized spacial score (nSPS) is 12.4. The van der Waals surface area contributed by atoms with E-state index in [1.54, 1.807) is 26.0 Å². The van der Waals surface area contributed by atoms with Gasteiger partial charge in [-0.1, -0.05) is 12.1 Å². The topological polar surface area (TPSA) is 83.5 Å². The van der Waals surface area contributed by atoms with E-state index in [1.807, 2.05) is 12.1 Å². The van der Waals surface area contributed by atoms with Crippen LogP contribution in [0.3, 0.4) is 0 Å². The number of fused-ring (bicyclic) bond motifs is 1. The van der Waals surface area contributed by atoms with Gasteiger partial charge >= 0.3 is 0 Å². The van der Waals surface area contributed by atoms with Crippen LogP contribution in [-0.2, 0) is 14.9 Å². The summed E-state index contributed by atoms with van der Waals surface area (Å²) in [4.78, 5) is 11.4. The van der Waals surface area contributed by atoms with Crippen LogP contribution >= 0.6 is 0 Å². The van der Waals surface area contributed by atoms with E-state index < -0.39 is 15.7 Å². The highest BCUT2D eigenvalue weighted by Crippen LogP contribution is 2.24. The second-order valence-corrected chi connectivity index (χ2v) is 6.93. The molecule has 0 fully saturated rings. The summed E-state index contributed by atoms with van der Waals surface area (Å²) >= 11 is 0. The van der Waals surface area contributed by atoms with E-state index in [4.69, 9.17) is 4.55 Å². The van der Waals surface area contributed by atoms with Crippen LogP contribution in [0.15, 0.2) is 41.3 Å². The Morgan fingerprint density at radius 3 is 2.29 bits per heavy atom. The Hall–Kier alpha value is -1.92. The number of nitrogens with one attached hydrogen (secondary N) is 1. The van der Waals surface area contributed by atoms with Gasteiger partial charge in [0.2, 0.25) is 0 Å². The lowest BCUT2D eigenvalue weighted by molar-refractivity contribution is -0.120. The van der Waals surface area contributed by atoms with Crippen molar-refractivity contribution >= 4 is 32.4 Å². The molecule has 6 heteroatoms. The third kappa shape index (κ3) is 3.40. The number of hydrogen-bond donors (Lipinski definition) is 2. The summed E-state index contributed by atoms with van der Waals surface area (Å²) in [5, 5.41) is 4.61. The molecule has 0 unspecified atom stereocenters. The summed E-state index contributed by atoms with van der Waals surface area (Å²) < 4.78 is 31.4. The van der Waals surface area contributed by atoms with E-state index in [0.29, 0.717) is 11.1 Å². The number of rotatable bonds is 4. The van der Waals surface area contributed by atoms with Gasteiger partial charge in [-0.15, -0.1) is 0 Å². The Morgan fingerprint density at radius 2 is 1.71 bits per heavy atom. The number of carbonyl (C=O) groups is 1. The highest BCUT2D eigenvalue weighted by Gasteiger charge is 2.23. The zero-order chi connectivity index (χ0) is 15.8. The van der Waals surface area contributed by atoms with E-state index in [1.165, 1.54) is 19.1 Å². The van der Waals surface area contributed by atoms with Crippen molar-refractivity contribution in [2.75, 3.05) is 5.32 Å². The van der Waals surface area contributed by atoms with Gasteiger partial charge in [0, 0.05) is 5.69 Å². The lowest BCUT2D eigenvalue weighted by Crippen LogP contribution is -2.38. The molecule has 0 radical (unpaired) electrons. The van der Waals surface area contributed by atoms with Gasteiger partial charge < -0.3 is 5.32 Å². The summed E-state index contributed by atoms with van der Waals surface area (Å²) in [6, 6.07) is 9.76. The molecule has 0 aliphatic carbocycles. The van der Waals surface area contributed by atoms with Crippen LogP contribution < -0.4 is 5.32 Å². The molecule has 5 nitrogen and oxygen atoms in total. The molecule has 2 rings (SSSR count). The lowest BCUT2D eigenvalue weighted by atomic mass is 9.99. The molecule has 0 saturated heterocycles. The monoisotopic (exact) mass is 307 g/mol. The molecule has 112 valence electrons. The van der Waals surface area contributed by atoms with E-state index in [0.717, 1.165) is 5.39 Å². The molecule has 0 heterocycles. The van der Waals surface area contributed by atoms with E-state index in [-0.39, 0.29) is 10.7 Å². The summed E-state index contributed by atoms with van der Waals surface area (Å²) in [5.74, 6) is -0.00529. The predicted octanol–water partition coefficient (Wildman–Crippen LogP) is 2.87. The molecule has 0 aliphatic rings. The van der Waals surface area contributed by atoms with Crippen LogP contribution in [-0.4, -0.2) is 24.3 Å². The van der Waals surface area contributed by atoms with Gasteiger partial charge in [-0.05, 0) is 55.8 Å². The average molecular weight is 307 g/mol. The first-order chi connectivity index (χ1) is 9.59. The lowest BCUT2D eigenvalue weighted by Gasteiger charge is -2.24. The number of benzene rings is 2. The Morgan fingerprint density at radius 1 is 1.10 bits per heavy atom. The minimum Gasteiger partial charge on any atom is -0.373 e. The van der Waals surface area contributed by atoms with Gasteiger partial charge in [-0.2, -0.15) is 8.42 Å². The maximum Gasteiger partial charge on any atom is 0.294 e. The van der Waals surface area contributed by atoms with E-state index in [2.05, 4.69) is 5.32 Å². The number of anilines is 1. The smallest absolute Gasteiger partial charge is 0.294 e. The van der Waals surface area contributed by atoms with Crippen LogP contribution in [0, 0.1) is 0 Å². The predicted molar refractivity (Wildman–Crippen MR) is 82.1 cm³/mol. The largest absolute Gasteiger partial charge is 0.373 e. The Balaban J connectivity index is 2.47. The first kappa shape index (κ1) is 15.5. The molecular weight excluding hydrogens is 290 g/mol. The fraction of sp³-hybridized carbons (Fsp3) is 0.267. The standard InChI is InChI=1S/C15H17NO4S/c1-10(17)15(2,3)16-13-6-4-11-5-7-14(21(18,19)20)9-12(11)8-13/h4-9,16H,1-3H3,(H,18,19,20). The molecule has 2 N–H and O–H groups in total. The Kier molecular flexibility index (Phi) is 3.78. The van der Waals surface area contributed by atoms with Crippen LogP contribution in [0.1, 0.15) is 20.8 Å². The molecule has 0 spiro atoms. The maximum absolute atomic E-state index is 11.5. The highest BCUT2D eigenvalue weighted by molar-refractivity contribution is 7.85. The zero-order valence-electron chi connectivity index (χ0n) is 12.0. The van der Waals surface area contributed by atoms with Gasteiger partial charge in [-0.25, -0.2) is 0 Å². The quantitative estimate of drug-likeness (QED) is 0.849. The molecule has 2 aromatic rings. The van der Waals surface area contributed by atoms with Crippen molar-refractivity contribution in [2.45, 2.75) is 31.2 Å². The van der Waals surface area contributed by atoms with Crippen molar-refractivity contribution in [2.24, 2.45) is 0 Å². The molecule has 0 saturated carbocycles. The maximum atomic E-state index is 11.5. The molecule has 0 aliphatic heterocycles. The van der Waals surface area contributed by atoms with Crippen molar-refractivity contribution in [3.8, 4) is 0 Å². The fourth-order valence-electron chi connectivity index (χ4n) is 1.91. The zero-order valence-corrected chi connectivity index (χ0v) is 12.9. The number of Topliss-reactive ketones (excluding diaryl/α,β-unsaturated/α-hetero) is 1. The molecule has 21 heavy (non-hydrogen) atoms.